The van der Waals surface area contributed by atoms with Gasteiger partial charge in [0.25, 0.3) is 0 Å². The van der Waals surface area contributed by atoms with E-state index in [0.29, 0.717) is 44.8 Å². The van der Waals surface area contributed by atoms with Gasteiger partial charge < -0.3 is 10.8 Å². The van der Waals surface area contributed by atoms with Crippen LogP contribution in [0.5, 0.6) is 5.75 Å². The molecule has 0 saturated heterocycles. The molecule has 0 fully saturated rings. The fourth-order valence-electron chi connectivity index (χ4n) is 3.20. The number of nitrogens with two attached hydrogens (primary N) is 1. The lowest BCUT2D eigenvalue weighted by Crippen LogP contribution is -1.92. The molecule has 0 aliphatic rings. The second-order valence-corrected chi connectivity index (χ2v) is 8.19. The molecule has 34 heavy (non-hydrogen) atoms. The van der Waals surface area contributed by atoms with E-state index in [0.717, 1.165) is 16.8 Å². The Morgan fingerprint density at radius 1 is 0.794 bits per heavy atom. The standard InChI is InChI=1S/C24H21N5O4S/c1-14-3-7-17(8-4-14)26-27-18-9-11-19(12-10-18)28-29-23-20(34-33-32-31)13-16-6-5-15(2)22(25)21(16)24(23)30/h3-13,30-31H,25H2,1-2H3. The third-order valence-corrected chi connectivity index (χ3v) is 5.68. The Balaban J connectivity index is 1.62. The molecule has 0 radical (unpaired) electrons. The highest BCUT2D eigenvalue weighted by atomic mass is 32.2. The van der Waals surface area contributed by atoms with Gasteiger partial charge in [0.2, 0.25) is 0 Å². The van der Waals surface area contributed by atoms with Crippen molar-refractivity contribution in [2.24, 2.45) is 20.5 Å². The molecular formula is C24H21N5O4S. The zero-order valence-corrected chi connectivity index (χ0v) is 19.2. The van der Waals surface area contributed by atoms with E-state index in [2.05, 4.69) is 29.8 Å². The van der Waals surface area contributed by atoms with Crippen LogP contribution in [-0.2, 0) is 9.37 Å². The summed E-state index contributed by atoms with van der Waals surface area (Å²) in [6.45, 7) is 3.86. The number of aromatic hydroxyl groups is 1. The van der Waals surface area contributed by atoms with Crippen molar-refractivity contribution in [3.8, 4) is 5.75 Å². The van der Waals surface area contributed by atoms with E-state index in [1.807, 2.05) is 50.2 Å². The normalized spacial score (nSPS) is 11.7. The molecule has 0 unspecified atom stereocenters. The lowest BCUT2D eigenvalue weighted by atomic mass is 10.0. The van der Waals surface area contributed by atoms with Crippen LogP contribution in [0.3, 0.4) is 0 Å². The molecule has 10 heteroatoms. The van der Waals surface area contributed by atoms with Crippen LogP contribution in [0.2, 0.25) is 0 Å². The average molecular weight is 476 g/mol. The van der Waals surface area contributed by atoms with Gasteiger partial charge in [-0.15, -0.1) is 9.45 Å². The topological polar surface area (TPSA) is 134 Å². The Kier molecular flexibility index (Phi) is 7.14. The number of benzene rings is 4. The first kappa shape index (κ1) is 23.3. The summed E-state index contributed by atoms with van der Waals surface area (Å²) in [5, 5.41) is 41.1. The number of phenols is 1. The summed E-state index contributed by atoms with van der Waals surface area (Å²) in [4.78, 5) is 0.370. The van der Waals surface area contributed by atoms with Crippen LogP contribution in [0.1, 0.15) is 11.1 Å². The fraction of sp³-hybridized carbons (Fsp3) is 0.0833. The van der Waals surface area contributed by atoms with Crippen molar-refractivity contribution >= 4 is 51.3 Å². The van der Waals surface area contributed by atoms with Crippen LogP contribution in [0.25, 0.3) is 10.8 Å². The number of phenolic OH excluding ortho intramolecular Hbond substituents is 1. The highest BCUT2D eigenvalue weighted by Crippen LogP contribution is 2.46. The van der Waals surface area contributed by atoms with Gasteiger partial charge in [-0.2, -0.15) is 15.3 Å². The minimum absolute atomic E-state index is 0.120. The number of nitrogens with zero attached hydrogens (tertiary/aromatic N) is 4. The number of azo groups is 2. The quantitative estimate of drug-likeness (QED) is 0.0814. The second-order valence-electron chi connectivity index (χ2n) is 7.44. The first-order valence-corrected chi connectivity index (χ1v) is 10.9. The Morgan fingerprint density at radius 2 is 1.35 bits per heavy atom. The summed E-state index contributed by atoms with van der Waals surface area (Å²) in [7, 11) is 0. The van der Waals surface area contributed by atoms with E-state index < -0.39 is 0 Å². The zero-order valence-electron chi connectivity index (χ0n) is 18.3. The van der Waals surface area contributed by atoms with E-state index >= 15 is 0 Å². The van der Waals surface area contributed by atoms with Crippen molar-refractivity contribution in [1.29, 1.82) is 0 Å². The molecule has 0 aromatic heterocycles. The van der Waals surface area contributed by atoms with E-state index in [4.69, 9.17) is 11.0 Å². The van der Waals surface area contributed by atoms with E-state index in [1.165, 1.54) is 0 Å². The number of fused-ring (bicyclic) bond motifs is 1. The number of nitrogen functional groups attached to an aromatic ring is 1. The zero-order chi connectivity index (χ0) is 24.1. The van der Waals surface area contributed by atoms with Gasteiger partial charge in [-0.3, -0.25) is 0 Å². The maximum atomic E-state index is 10.9. The maximum Gasteiger partial charge on any atom is 0.154 e. The molecule has 0 saturated carbocycles. The first-order valence-electron chi connectivity index (χ1n) is 10.2. The summed E-state index contributed by atoms with van der Waals surface area (Å²) < 4.78 is 4.56. The van der Waals surface area contributed by atoms with Gasteiger partial charge in [0.15, 0.2) is 5.75 Å². The fourth-order valence-corrected chi connectivity index (χ4v) is 3.70. The van der Waals surface area contributed by atoms with Crippen molar-refractivity contribution < 1.29 is 19.7 Å². The summed E-state index contributed by atoms with van der Waals surface area (Å²) in [5.74, 6) is -0.157. The first-order chi connectivity index (χ1) is 16.5. The van der Waals surface area contributed by atoms with E-state index in [9.17, 15) is 5.11 Å². The molecule has 4 N–H and O–H groups in total. The number of anilines is 1. The van der Waals surface area contributed by atoms with Gasteiger partial charge >= 0.3 is 0 Å². The van der Waals surface area contributed by atoms with Crippen molar-refractivity contribution in [2.75, 3.05) is 5.73 Å². The SMILES string of the molecule is Cc1ccc(N=Nc2ccc(N=Nc3c(SOOO)cc4ccc(C)c(N)c4c3O)cc2)cc1. The number of hydrogen-bond acceptors (Lipinski definition) is 10. The molecule has 0 spiro atoms. The van der Waals surface area contributed by atoms with Gasteiger partial charge in [-0.05, 0) is 67.3 Å². The Labute approximate surface area is 199 Å². The summed E-state index contributed by atoms with van der Waals surface area (Å²) in [6, 6.07) is 20.1. The van der Waals surface area contributed by atoms with Crippen LogP contribution in [0, 0.1) is 13.8 Å². The molecule has 0 aliphatic carbocycles. The van der Waals surface area contributed by atoms with Gasteiger partial charge in [0.1, 0.15) is 5.69 Å². The van der Waals surface area contributed by atoms with Crippen LogP contribution >= 0.6 is 12.0 Å². The monoisotopic (exact) mass is 475 g/mol. The predicted octanol–water partition coefficient (Wildman–Crippen LogP) is 8.00. The lowest BCUT2D eigenvalue weighted by Gasteiger charge is -2.12. The molecule has 4 aromatic carbocycles. The molecule has 0 aliphatic heterocycles. The highest BCUT2D eigenvalue weighted by Gasteiger charge is 2.17. The number of rotatable bonds is 7. The summed E-state index contributed by atoms with van der Waals surface area (Å²) in [6.07, 6.45) is 0. The average Bonchev–Trinajstić information content (AvgIpc) is 2.84. The Hall–Kier alpha value is -3.83. The van der Waals surface area contributed by atoms with Crippen LogP contribution in [0.4, 0.5) is 28.4 Å². The molecule has 0 amide bonds. The maximum absolute atomic E-state index is 10.9. The third-order valence-electron chi connectivity index (χ3n) is 5.06. The van der Waals surface area contributed by atoms with Crippen molar-refractivity contribution in [3.63, 3.8) is 0 Å². The summed E-state index contributed by atoms with van der Waals surface area (Å²) >= 11 is 0.675. The van der Waals surface area contributed by atoms with Crippen LogP contribution < -0.4 is 5.73 Å². The van der Waals surface area contributed by atoms with Crippen molar-refractivity contribution in [1.82, 2.24) is 0 Å². The van der Waals surface area contributed by atoms with Gasteiger partial charge in [0.05, 0.1) is 34.0 Å². The minimum atomic E-state index is -0.157. The van der Waals surface area contributed by atoms with Crippen molar-refractivity contribution in [2.45, 2.75) is 18.7 Å². The third kappa shape index (κ3) is 5.21. The number of hydrogen-bond donors (Lipinski definition) is 3. The van der Waals surface area contributed by atoms with Crippen LogP contribution in [0.15, 0.2) is 92.1 Å². The second kappa shape index (κ2) is 10.4. The van der Waals surface area contributed by atoms with Gasteiger partial charge in [-0.1, -0.05) is 34.9 Å². The van der Waals surface area contributed by atoms with Gasteiger partial charge in [0, 0.05) is 11.1 Å². The molecule has 0 bridgehead atoms. The molecular weight excluding hydrogens is 454 g/mol. The molecule has 0 atom stereocenters. The van der Waals surface area contributed by atoms with Gasteiger partial charge in [-0.25, -0.2) is 5.26 Å². The van der Waals surface area contributed by atoms with E-state index in [-0.39, 0.29) is 11.4 Å². The molecule has 4 rings (SSSR count). The smallest absolute Gasteiger partial charge is 0.154 e. The molecule has 9 nitrogen and oxygen atoms in total. The highest BCUT2D eigenvalue weighted by molar-refractivity contribution is 7.94. The van der Waals surface area contributed by atoms with E-state index in [1.54, 1.807) is 30.3 Å². The largest absolute Gasteiger partial charge is 0.505 e. The Bertz CT molecular complexity index is 1370. The number of aryl methyl sites for hydroxylation is 2. The van der Waals surface area contributed by atoms with Crippen LogP contribution in [-0.4, -0.2) is 10.4 Å². The van der Waals surface area contributed by atoms with Crippen molar-refractivity contribution in [3.05, 3.63) is 77.9 Å². The molecule has 172 valence electrons. The summed E-state index contributed by atoms with van der Waals surface area (Å²) in [5.41, 5.74) is 10.7. The lowest BCUT2D eigenvalue weighted by molar-refractivity contribution is -0.432. The minimum Gasteiger partial charge on any atom is -0.505 e. The molecule has 4 aromatic rings. The predicted molar refractivity (Wildman–Crippen MR) is 131 cm³/mol. The Morgan fingerprint density at radius 3 is 1.94 bits per heavy atom. The molecule has 0 heterocycles.